The van der Waals surface area contributed by atoms with Crippen LogP contribution in [0.2, 0.25) is 0 Å². The summed E-state index contributed by atoms with van der Waals surface area (Å²) in [6, 6.07) is 0. The number of rotatable bonds is 13. The van der Waals surface area contributed by atoms with Crippen molar-refractivity contribution in [2.24, 2.45) is 0 Å². The van der Waals surface area contributed by atoms with Crippen molar-refractivity contribution in [1.29, 1.82) is 0 Å². The standard InChI is InChI=1S/C10H18FO5P.C10H18FO4P.C9H16FO5P/c1-7(2)16-10-8(11)5-15-9(10)3-4-17(13,14)6-12;1-7(2)15-10-8(11)6-14-9(10)4-5-16(3,12)13;1-6(2)15-9-7(10)5-14-8(9)3-4-16(11,12)13/h3-4,7-10,12H,5-6H2,1-2H3,(H,13,14);4-5,7-10H,6H2,1-3H3,(H,12,13);3-4,6-9H,5H2,1-2H3,(H2,11,12,13)/b4-3+;5-4+;4-3+/t2*8-,9+,10-;7-,8+,9-/m000/s1/i4D;5D;4D. The molecule has 0 radical (unpaired) electrons. The second kappa shape index (κ2) is 21.1. The molecule has 0 aliphatic carbocycles. The second-order valence-corrected chi connectivity index (χ2v) is 17.4. The zero-order valence-corrected chi connectivity index (χ0v) is 31.1. The summed E-state index contributed by atoms with van der Waals surface area (Å²) in [6.45, 7) is 11.0. The molecule has 3 fully saturated rings. The molecule has 0 amide bonds. The summed E-state index contributed by atoms with van der Waals surface area (Å²) in [5.41, 5.74) is 0. The van der Waals surface area contributed by atoms with Gasteiger partial charge >= 0.3 is 7.60 Å². The predicted octanol–water partition coefficient (Wildman–Crippen LogP) is 4.39. The topological polar surface area (TPSA) is 208 Å². The number of aliphatic hydroxyl groups is 1. The van der Waals surface area contributed by atoms with E-state index in [2.05, 4.69) is 0 Å². The number of hydrogen-bond donors (Lipinski definition) is 5. The number of hydrogen-bond acceptors (Lipinski definition) is 10. The summed E-state index contributed by atoms with van der Waals surface area (Å²) in [4.78, 5) is 35.9. The van der Waals surface area contributed by atoms with Crippen molar-refractivity contribution in [3.8, 4) is 0 Å². The molecular formula is C29H52F3O14P3. The largest absolute Gasteiger partial charge is 0.386 e. The highest BCUT2D eigenvalue weighted by atomic mass is 31.2. The quantitative estimate of drug-likeness (QED) is 0.165. The summed E-state index contributed by atoms with van der Waals surface area (Å²) in [5, 5.41) is 8.68. The normalized spacial score (nSPS) is 34.8. The van der Waals surface area contributed by atoms with Gasteiger partial charge in [-0.15, -0.1) is 0 Å². The Hall–Kier alpha value is -0.740. The van der Waals surface area contributed by atoms with E-state index in [0.717, 1.165) is 24.9 Å². The molecule has 20 heteroatoms. The van der Waals surface area contributed by atoms with Crippen molar-refractivity contribution < 1.29 is 84.1 Å². The second-order valence-electron chi connectivity index (χ2n) is 12.0. The molecule has 0 aromatic rings. The third-order valence-corrected chi connectivity index (χ3v) is 8.24. The summed E-state index contributed by atoms with van der Waals surface area (Å²) >= 11 is 0. The molecule has 3 saturated heterocycles. The Balaban J connectivity index is 0.000000390. The van der Waals surface area contributed by atoms with E-state index < -0.39 is 101 Å². The van der Waals surface area contributed by atoms with Crippen LogP contribution < -0.4 is 0 Å². The zero-order valence-electron chi connectivity index (χ0n) is 31.4. The molecule has 5 N–H and O–H groups in total. The third-order valence-electron chi connectivity index (χ3n) is 6.19. The summed E-state index contributed by atoms with van der Waals surface area (Å²) in [5.74, 6) is -1.97. The molecule has 49 heavy (non-hydrogen) atoms. The van der Waals surface area contributed by atoms with E-state index in [1.807, 2.05) is 0 Å². The van der Waals surface area contributed by atoms with Crippen LogP contribution in [0.1, 0.15) is 45.7 Å². The van der Waals surface area contributed by atoms with Gasteiger partial charge in [-0.25, -0.2) is 13.2 Å². The maximum atomic E-state index is 13.5. The first-order chi connectivity index (χ1) is 23.7. The van der Waals surface area contributed by atoms with Gasteiger partial charge in [-0.05, 0) is 65.6 Å². The molecule has 3 aliphatic rings. The molecule has 288 valence electrons. The van der Waals surface area contributed by atoms with E-state index in [1.54, 1.807) is 41.5 Å². The monoisotopic (exact) mass is 777 g/mol. The van der Waals surface area contributed by atoms with Crippen molar-refractivity contribution in [3.05, 3.63) is 35.6 Å². The first-order valence-electron chi connectivity index (χ1n) is 16.8. The molecule has 14 nitrogen and oxygen atoms in total. The van der Waals surface area contributed by atoms with Crippen LogP contribution in [0.15, 0.2) is 35.6 Å². The van der Waals surface area contributed by atoms with Gasteiger partial charge in [0.2, 0.25) is 14.7 Å². The van der Waals surface area contributed by atoms with E-state index in [1.165, 1.54) is 0 Å². The van der Waals surface area contributed by atoms with Gasteiger partial charge in [0, 0.05) is 18.3 Å². The molecule has 3 aliphatic heterocycles. The Morgan fingerprint density at radius 3 is 1.24 bits per heavy atom. The Bertz CT molecular complexity index is 1300. The highest BCUT2D eigenvalue weighted by Crippen LogP contribution is 2.41. The van der Waals surface area contributed by atoms with E-state index >= 15 is 0 Å². The molecular weight excluding hydrogens is 722 g/mol. The fourth-order valence-electron chi connectivity index (χ4n) is 4.27. The Kier molecular flexibility index (Phi) is 17.7. The van der Waals surface area contributed by atoms with Crippen LogP contribution in [0.5, 0.6) is 0 Å². The highest BCUT2D eigenvalue weighted by molar-refractivity contribution is 7.61. The van der Waals surface area contributed by atoms with Crippen LogP contribution in [0, 0.1) is 0 Å². The highest BCUT2D eigenvalue weighted by Gasteiger charge is 2.40. The van der Waals surface area contributed by atoms with Crippen molar-refractivity contribution in [1.82, 2.24) is 0 Å². The van der Waals surface area contributed by atoms with Gasteiger partial charge in [-0.2, -0.15) is 0 Å². The number of halogens is 3. The molecule has 0 aromatic carbocycles. The molecule has 0 aromatic heterocycles. The first-order valence-corrected chi connectivity index (χ1v) is 20.9. The molecule has 0 saturated carbocycles. The Morgan fingerprint density at radius 1 is 0.673 bits per heavy atom. The zero-order chi connectivity index (χ0) is 40.4. The number of ether oxygens (including phenoxy) is 6. The van der Waals surface area contributed by atoms with Crippen molar-refractivity contribution in [3.63, 3.8) is 0 Å². The van der Waals surface area contributed by atoms with Crippen molar-refractivity contribution in [2.45, 2.75) is 115 Å². The van der Waals surface area contributed by atoms with Crippen LogP contribution in [0.4, 0.5) is 13.2 Å². The van der Waals surface area contributed by atoms with Gasteiger partial charge < -0.3 is 53.1 Å². The lowest BCUT2D eigenvalue weighted by atomic mass is 10.1. The van der Waals surface area contributed by atoms with Crippen LogP contribution in [-0.4, -0.2) is 131 Å². The number of alkyl halides is 3. The predicted molar refractivity (Wildman–Crippen MR) is 176 cm³/mol. The lowest BCUT2D eigenvalue weighted by Crippen LogP contribution is -2.32. The lowest BCUT2D eigenvalue weighted by Gasteiger charge is -2.20. The van der Waals surface area contributed by atoms with Crippen LogP contribution in [-0.2, 0) is 42.1 Å². The van der Waals surface area contributed by atoms with E-state index in [-0.39, 0.29) is 38.1 Å². The maximum absolute atomic E-state index is 13.5. The number of aliphatic hydroxyl groups excluding tert-OH is 1. The van der Waals surface area contributed by atoms with Crippen LogP contribution in [0.25, 0.3) is 0 Å². The van der Waals surface area contributed by atoms with E-state index in [4.69, 9.17) is 47.4 Å². The SMILES string of the molecule is [2H]/C(=C\[C@H]1OC[C@H](F)[C@@H]1OC(C)C)P(=O)(O)CO.[2H]/C(=C\[C@H]1OC[C@H](F)[C@@H]1OC(C)C)P(=O)(O)O.[2H]/C(=C\[C@H]1OC[C@H](F)[C@@H]1OC(C)C)P(C)(=O)O. The Morgan fingerprint density at radius 2 is 0.980 bits per heavy atom. The van der Waals surface area contributed by atoms with Crippen LogP contribution >= 0.6 is 22.3 Å². The van der Waals surface area contributed by atoms with E-state index in [9.17, 15) is 36.7 Å². The smallest absolute Gasteiger partial charge is 0.348 e. The van der Waals surface area contributed by atoms with Crippen LogP contribution in [0.3, 0.4) is 0 Å². The first kappa shape index (κ1) is 41.0. The molecule has 0 spiro atoms. The fourth-order valence-corrected chi connectivity index (χ4v) is 5.49. The van der Waals surface area contributed by atoms with Gasteiger partial charge in [0.1, 0.15) is 43.0 Å². The van der Waals surface area contributed by atoms with Crippen molar-refractivity contribution >= 4 is 22.3 Å². The Labute approximate surface area is 289 Å². The van der Waals surface area contributed by atoms with Gasteiger partial charge in [0.05, 0.1) is 42.2 Å². The van der Waals surface area contributed by atoms with Gasteiger partial charge in [0.15, 0.2) is 18.5 Å². The average Bonchev–Trinajstić information content (AvgIpc) is 3.64. The fraction of sp³-hybridized carbons (Fsp3) is 0.793. The lowest BCUT2D eigenvalue weighted by molar-refractivity contribution is -0.0385. The minimum Gasteiger partial charge on any atom is -0.386 e. The average molecular weight is 778 g/mol. The molecule has 3 heterocycles. The van der Waals surface area contributed by atoms with Gasteiger partial charge in [-0.3, -0.25) is 13.7 Å². The summed E-state index contributed by atoms with van der Waals surface area (Å²) in [7, 11) is -12.3. The summed E-state index contributed by atoms with van der Waals surface area (Å²) < 4.78 is 127. The summed E-state index contributed by atoms with van der Waals surface area (Å²) in [6.07, 6.45) is -7.78. The van der Waals surface area contributed by atoms with Gasteiger partial charge in [-0.1, -0.05) is 0 Å². The minimum absolute atomic E-state index is 0.120. The molecule has 0 bridgehead atoms. The molecule has 11 atom stereocenters. The molecule has 3 rings (SSSR count). The van der Waals surface area contributed by atoms with Gasteiger partial charge in [0.25, 0.3) is 0 Å². The third kappa shape index (κ3) is 19.1. The maximum Gasteiger partial charge on any atom is 0.348 e. The molecule has 2 unspecified atom stereocenters. The van der Waals surface area contributed by atoms with E-state index in [0.29, 0.717) is 0 Å². The van der Waals surface area contributed by atoms with Crippen molar-refractivity contribution in [2.75, 3.05) is 32.8 Å². The minimum atomic E-state index is -4.62.